The molecule has 0 aromatic heterocycles. The molecule has 3 rings (SSSR count). The molecule has 148 valence electrons. The minimum Gasteiger partial charge on any atom is -0.492 e. The van der Waals surface area contributed by atoms with E-state index in [1.807, 2.05) is 42.5 Å². The molecule has 0 spiro atoms. The molecule has 28 heavy (non-hydrogen) atoms. The fraction of sp³-hybridized carbons (Fsp3) is 0.364. The molecule has 1 N–H and O–H groups in total. The van der Waals surface area contributed by atoms with E-state index >= 15 is 0 Å². The first-order valence-electron chi connectivity index (χ1n) is 9.57. The van der Waals surface area contributed by atoms with Crippen LogP contribution in [0.25, 0.3) is 0 Å². The van der Waals surface area contributed by atoms with Crippen molar-refractivity contribution in [1.29, 1.82) is 0 Å². The van der Waals surface area contributed by atoms with Gasteiger partial charge in [0.05, 0.1) is 7.11 Å². The number of nitrogens with zero attached hydrogens (tertiary/aromatic N) is 1. The van der Waals surface area contributed by atoms with Gasteiger partial charge in [-0.1, -0.05) is 30.3 Å². The van der Waals surface area contributed by atoms with Crippen molar-refractivity contribution in [2.75, 3.05) is 38.7 Å². The number of para-hydroxylation sites is 1. The molecule has 0 bridgehead atoms. The lowest BCUT2D eigenvalue weighted by molar-refractivity contribution is -0.150. The van der Waals surface area contributed by atoms with Crippen LogP contribution >= 0.6 is 0 Å². The highest BCUT2D eigenvalue weighted by Crippen LogP contribution is 2.21. The zero-order valence-corrected chi connectivity index (χ0v) is 16.1. The van der Waals surface area contributed by atoms with Gasteiger partial charge in [0.2, 0.25) is 0 Å². The standard InChI is InChI=1S/C22H26N2O4/c1-27-22(26)21(25)23-20-7-3-2-6-18(20)16-17-8-10-19(11-9-17)28-15-14-24-12-4-5-13-24/h2-3,6-11H,4-5,12-16H2,1H3,(H,23,25). The van der Waals surface area contributed by atoms with Crippen LogP contribution < -0.4 is 10.1 Å². The summed E-state index contributed by atoms with van der Waals surface area (Å²) in [6, 6.07) is 15.4. The molecule has 1 heterocycles. The van der Waals surface area contributed by atoms with Crippen molar-refractivity contribution in [3.63, 3.8) is 0 Å². The van der Waals surface area contributed by atoms with Crippen molar-refractivity contribution in [2.24, 2.45) is 0 Å². The summed E-state index contributed by atoms with van der Waals surface area (Å²) in [6.45, 7) is 4.01. The Kier molecular flexibility index (Phi) is 7.03. The molecule has 1 aliphatic heterocycles. The van der Waals surface area contributed by atoms with E-state index in [2.05, 4.69) is 15.0 Å². The Balaban J connectivity index is 1.56. The van der Waals surface area contributed by atoms with Gasteiger partial charge in [0.1, 0.15) is 12.4 Å². The maximum absolute atomic E-state index is 11.8. The highest BCUT2D eigenvalue weighted by Gasteiger charge is 2.15. The van der Waals surface area contributed by atoms with Crippen LogP contribution in [0.2, 0.25) is 0 Å². The molecule has 1 aliphatic rings. The van der Waals surface area contributed by atoms with E-state index < -0.39 is 11.9 Å². The number of nitrogens with one attached hydrogen (secondary N) is 1. The number of carbonyl (C=O) groups excluding carboxylic acids is 2. The van der Waals surface area contributed by atoms with Crippen molar-refractivity contribution in [3.05, 3.63) is 59.7 Å². The normalized spacial score (nSPS) is 13.9. The van der Waals surface area contributed by atoms with Crippen molar-refractivity contribution in [1.82, 2.24) is 4.90 Å². The van der Waals surface area contributed by atoms with Gasteiger partial charge in [0, 0.05) is 12.2 Å². The molecule has 0 radical (unpaired) electrons. The van der Waals surface area contributed by atoms with Crippen LogP contribution in [0, 0.1) is 0 Å². The molecule has 0 aliphatic carbocycles. The maximum atomic E-state index is 11.8. The number of rotatable bonds is 7. The summed E-state index contributed by atoms with van der Waals surface area (Å²) in [5.41, 5.74) is 2.61. The van der Waals surface area contributed by atoms with E-state index in [-0.39, 0.29) is 0 Å². The number of hydrogen-bond donors (Lipinski definition) is 1. The average Bonchev–Trinajstić information content (AvgIpc) is 3.23. The van der Waals surface area contributed by atoms with Crippen molar-refractivity contribution >= 4 is 17.6 Å². The molecule has 0 saturated carbocycles. The van der Waals surface area contributed by atoms with Crippen LogP contribution in [0.4, 0.5) is 5.69 Å². The third-order valence-corrected chi connectivity index (χ3v) is 4.83. The maximum Gasteiger partial charge on any atom is 0.396 e. The van der Waals surface area contributed by atoms with Gasteiger partial charge in [-0.05, 0) is 61.7 Å². The molecule has 6 nitrogen and oxygen atoms in total. The number of benzene rings is 2. The minimum absolute atomic E-state index is 0.601. The fourth-order valence-corrected chi connectivity index (χ4v) is 3.28. The number of carbonyl (C=O) groups is 2. The van der Waals surface area contributed by atoms with Gasteiger partial charge in [-0.2, -0.15) is 0 Å². The van der Waals surface area contributed by atoms with Gasteiger partial charge in [-0.25, -0.2) is 4.79 Å². The van der Waals surface area contributed by atoms with Gasteiger partial charge < -0.3 is 14.8 Å². The zero-order valence-electron chi connectivity index (χ0n) is 16.1. The molecular weight excluding hydrogens is 356 g/mol. The van der Waals surface area contributed by atoms with Crippen molar-refractivity contribution in [3.8, 4) is 5.75 Å². The SMILES string of the molecule is COC(=O)C(=O)Nc1ccccc1Cc1ccc(OCCN2CCCC2)cc1. The summed E-state index contributed by atoms with van der Waals surface area (Å²) in [5, 5.41) is 2.60. The monoisotopic (exact) mass is 382 g/mol. The molecule has 0 unspecified atom stereocenters. The number of amides is 1. The summed E-state index contributed by atoms with van der Waals surface area (Å²) in [5.74, 6) is -0.836. The smallest absolute Gasteiger partial charge is 0.396 e. The summed E-state index contributed by atoms with van der Waals surface area (Å²) in [7, 11) is 1.18. The van der Waals surface area contributed by atoms with Gasteiger partial charge in [0.15, 0.2) is 0 Å². The lowest BCUT2D eigenvalue weighted by Gasteiger charge is -2.15. The second kappa shape index (κ2) is 9.90. The van der Waals surface area contributed by atoms with Crippen LogP contribution in [0.15, 0.2) is 48.5 Å². The highest BCUT2D eigenvalue weighted by atomic mass is 16.5. The number of anilines is 1. The van der Waals surface area contributed by atoms with Gasteiger partial charge >= 0.3 is 11.9 Å². The lowest BCUT2D eigenvalue weighted by atomic mass is 10.0. The second-order valence-corrected chi connectivity index (χ2v) is 6.82. The Hall–Kier alpha value is -2.86. The topological polar surface area (TPSA) is 67.9 Å². The van der Waals surface area contributed by atoms with E-state index in [0.717, 1.165) is 23.4 Å². The van der Waals surface area contributed by atoms with E-state index in [4.69, 9.17) is 4.74 Å². The Bertz CT molecular complexity index is 798. The average molecular weight is 382 g/mol. The molecule has 2 aromatic rings. The van der Waals surface area contributed by atoms with Crippen LogP contribution in [-0.2, 0) is 20.7 Å². The number of esters is 1. The zero-order chi connectivity index (χ0) is 19.8. The van der Waals surface area contributed by atoms with Crippen LogP contribution in [0.3, 0.4) is 0 Å². The van der Waals surface area contributed by atoms with Crippen LogP contribution in [0.5, 0.6) is 5.75 Å². The van der Waals surface area contributed by atoms with Gasteiger partial charge in [-0.3, -0.25) is 9.69 Å². The molecule has 0 atom stereocenters. The Morgan fingerprint density at radius 1 is 1.04 bits per heavy atom. The largest absolute Gasteiger partial charge is 0.492 e. The van der Waals surface area contributed by atoms with E-state index in [0.29, 0.717) is 18.7 Å². The predicted octanol–water partition coefficient (Wildman–Crippen LogP) is 2.86. The number of hydrogen-bond acceptors (Lipinski definition) is 5. The molecule has 1 saturated heterocycles. The lowest BCUT2D eigenvalue weighted by Crippen LogP contribution is -2.25. The first-order valence-corrected chi connectivity index (χ1v) is 9.57. The second-order valence-electron chi connectivity index (χ2n) is 6.82. The Morgan fingerprint density at radius 3 is 2.46 bits per heavy atom. The first kappa shape index (κ1) is 19.9. The Morgan fingerprint density at radius 2 is 1.75 bits per heavy atom. The molecule has 1 fully saturated rings. The molecule has 1 amide bonds. The van der Waals surface area contributed by atoms with Crippen molar-refractivity contribution < 1.29 is 19.1 Å². The minimum atomic E-state index is -0.912. The molecular formula is C22H26N2O4. The summed E-state index contributed by atoms with van der Waals surface area (Å²) < 4.78 is 10.3. The van der Waals surface area contributed by atoms with Gasteiger partial charge in [0.25, 0.3) is 0 Å². The van der Waals surface area contributed by atoms with E-state index in [1.54, 1.807) is 6.07 Å². The number of ether oxygens (including phenoxy) is 2. The van der Waals surface area contributed by atoms with Gasteiger partial charge in [-0.15, -0.1) is 0 Å². The third-order valence-electron chi connectivity index (χ3n) is 4.83. The molecule has 2 aromatic carbocycles. The highest BCUT2D eigenvalue weighted by molar-refractivity contribution is 6.37. The van der Waals surface area contributed by atoms with Crippen LogP contribution in [0.1, 0.15) is 24.0 Å². The summed E-state index contributed by atoms with van der Waals surface area (Å²) in [4.78, 5) is 25.5. The van der Waals surface area contributed by atoms with Crippen LogP contribution in [-0.4, -0.2) is 50.1 Å². The number of likely N-dealkylation sites (tertiary alicyclic amines) is 1. The fourth-order valence-electron chi connectivity index (χ4n) is 3.28. The van der Waals surface area contributed by atoms with Crippen molar-refractivity contribution in [2.45, 2.75) is 19.3 Å². The van der Waals surface area contributed by atoms with E-state index in [9.17, 15) is 9.59 Å². The third kappa shape index (κ3) is 5.57. The van der Waals surface area contributed by atoms with E-state index in [1.165, 1.54) is 33.0 Å². The first-order chi connectivity index (χ1) is 13.7. The quantitative estimate of drug-likeness (QED) is 0.589. The number of methoxy groups -OCH3 is 1. The predicted molar refractivity (Wildman–Crippen MR) is 108 cm³/mol. The summed E-state index contributed by atoms with van der Waals surface area (Å²) >= 11 is 0. The molecule has 6 heteroatoms. The summed E-state index contributed by atoms with van der Waals surface area (Å²) in [6.07, 6.45) is 3.21. The Labute approximate surface area is 165 Å².